The Bertz CT molecular complexity index is 369. The number of rotatable bonds is 9. The van der Waals surface area contributed by atoms with Gasteiger partial charge in [0.2, 0.25) is 0 Å². The molecule has 0 bridgehead atoms. The van der Waals surface area contributed by atoms with Gasteiger partial charge < -0.3 is 19.7 Å². The first kappa shape index (κ1) is 16.2. The molecule has 1 aromatic heterocycles. The maximum atomic E-state index is 6.30. The predicted molar refractivity (Wildman–Crippen MR) is 78.0 cm³/mol. The van der Waals surface area contributed by atoms with E-state index >= 15 is 0 Å². The van der Waals surface area contributed by atoms with Gasteiger partial charge in [0.15, 0.2) is 0 Å². The summed E-state index contributed by atoms with van der Waals surface area (Å²) in [5.41, 5.74) is 1.06. The van der Waals surface area contributed by atoms with Gasteiger partial charge in [0.1, 0.15) is 5.82 Å². The standard InChI is InChI=1S/C13H22ClN3O2/c1-15-9-11-8-12(14)13(16-10-11)17(4-6-18-2)5-7-19-3/h8,10,15H,4-7,9H2,1-3H3. The van der Waals surface area contributed by atoms with Gasteiger partial charge in [-0.05, 0) is 18.7 Å². The van der Waals surface area contributed by atoms with Crippen molar-refractivity contribution in [3.05, 3.63) is 22.8 Å². The summed E-state index contributed by atoms with van der Waals surface area (Å²) in [6.45, 7) is 3.47. The van der Waals surface area contributed by atoms with Crippen LogP contribution in [0.2, 0.25) is 5.02 Å². The fraction of sp³-hybridized carbons (Fsp3) is 0.615. The van der Waals surface area contributed by atoms with Crippen LogP contribution in [0.3, 0.4) is 0 Å². The molecule has 5 nitrogen and oxygen atoms in total. The second-order valence-electron chi connectivity index (χ2n) is 4.15. The first-order chi connectivity index (χ1) is 9.22. The molecule has 1 rings (SSSR count). The van der Waals surface area contributed by atoms with Crippen molar-refractivity contribution in [3.63, 3.8) is 0 Å². The van der Waals surface area contributed by atoms with Crippen molar-refractivity contribution < 1.29 is 9.47 Å². The number of nitrogens with one attached hydrogen (secondary N) is 1. The minimum absolute atomic E-state index is 0.625. The number of hydrogen-bond acceptors (Lipinski definition) is 5. The Balaban J connectivity index is 2.81. The number of methoxy groups -OCH3 is 2. The van der Waals surface area contributed by atoms with Crippen LogP contribution in [-0.2, 0) is 16.0 Å². The van der Waals surface area contributed by atoms with Crippen molar-refractivity contribution in [3.8, 4) is 0 Å². The quantitative estimate of drug-likeness (QED) is 0.747. The molecule has 0 spiro atoms. The van der Waals surface area contributed by atoms with E-state index in [4.69, 9.17) is 21.1 Å². The first-order valence-electron chi connectivity index (χ1n) is 6.24. The summed E-state index contributed by atoms with van der Waals surface area (Å²) < 4.78 is 10.2. The predicted octanol–water partition coefficient (Wildman–Crippen LogP) is 1.55. The van der Waals surface area contributed by atoms with Gasteiger partial charge in [-0.25, -0.2) is 4.98 Å². The molecule has 0 aliphatic rings. The third-order valence-electron chi connectivity index (χ3n) is 2.69. The smallest absolute Gasteiger partial charge is 0.147 e. The van der Waals surface area contributed by atoms with Crippen molar-refractivity contribution in [2.75, 3.05) is 52.5 Å². The zero-order valence-electron chi connectivity index (χ0n) is 11.8. The van der Waals surface area contributed by atoms with E-state index in [1.807, 2.05) is 19.3 Å². The molecule has 0 unspecified atom stereocenters. The normalized spacial score (nSPS) is 10.7. The molecule has 0 amide bonds. The van der Waals surface area contributed by atoms with Gasteiger partial charge in [0.25, 0.3) is 0 Å². The van der Waals surface area contributed by atoms with Gasteiger partial charge in [-0.2, -0.15) is 0 Å². The summed E-state index contributed by atoms with van der Waals surface area (Å²) in [4.78, 5) is 6.51. The molecule has 0 aliphatic heterocycles. The number of hydrogen-bond donors (Lipinski definition) is 1. The van der Waals surface area contributed by atoms with Crippen LogP contribution in [0, 0.1) is 0 Å². The molecule has 108 valence electrons. The van der Waals surface area contributed by atoms with Crippen LogP contribution in [0.5, 0.6) is 0 Å². The second-order valence-corrected chi connectivity index (χ2v) is 4.56. The Morgan fingerprint density at radius 1 is 1.26 bits per heavy atom. The number of aromatic nitrogens is 1. The second kappa shape index (κ2) is 9.09. The fourth-order valence-corrected chi connectivity index (χ4v) is 2.04. The molecule has 0 aromatic carbocycles. The van der Waals surface area contributed by atoms with Crippen molar-refractivity contribution in [2.45, 2.75) is 6.54 Å². The van der Waals surface area contributed by atoms with E-state index < -0.39 is 0 Å². The molecule has 1 N–H and O–H groups in total. The number of pyridine rings is 1. The Morgan fingerprint density at radius 2 is 1.89 bits per heavy atom. The molecular weight excluding hydrogens is 266 g/mol. The number of anilines is 1. The highest BCUT2D eigenvalue weighted by Gasteiger charge is 2.12. The lowest BCUT2D eigenvalue weighted by Crippen LogP contribution is -2.31. The minimum atomic E-state index is 0.625. The van der Waals surface area contributed by atoms with E-state index in [0.29, 0.717) is 18.2 Å². The van der Waals surface area contributed by atoms with Crippen LogP contribution in [0.4, 0.5) is 5.82 Å². The van der Waals surface area contributed by atoms with Crippen LogP contribution >= 0.6 is 11.6 Å². The average molecular weight is 288 g/mol. The molecule has 0 radical (unpaired) electrons. The van der Waals surface area contributed by atoms with E-state index in [0.717, 1.165) is 31.0 Å². The molecule has 0 saturated heterocycles. The van der Waals surface area contributed by atoms with Crippen LogP contribution < -0.4 is 10.2 Å². The lowest BCUT2D eigenvalue weighted by Gasteiger charge is -2.24. The Hall–Kier alpha value is -0.880. The molecule has 1 heterocycles. The van der Waals surface area contributed by atoms with Crippen molar-refractivity contribution in [1.82, 2.24) is 10.3 Å². The van der Waals surface area contributed by atoms with E-state index in [1.165, 1.54) is 0 Å². The third kappa shape index (κ3) is 5.32. The Labute approximate surface area is 119 Å². The number of nitrogens with zero attached hydrogens (tertiary/aromatic N) is 2. The lowest BCUT2D eigenvalue weighted by atomic mass is 10.2. The number of ether oxygens (including phenoxy) is 2. The van der Waals surface area contributed by atoms with Gasteiger partial charge in [0.05, 0.1) is 18.2 Å². The zero-order chi connectivity index (χ0) is 14.1. The van der Waals surface area contributed by atoms with Gasteiger partial charge in [-0.3, -0.25) is 0 Å². The monoisotopic (exact) mass is 287 g/mol. The average Bonchev–Trinajstić information content (AvgIpc) is 2.40. The molecule has 0 atom stereocenters. The van der Waals surface area contributed by atoms with Crippen LogP contribution in [0.1, 0.15) is 5.56 Å². The van der Waals surface area contributed by atoms with E-state index in [-0.39, 0.29) is 0 Å². The van der Waals surface area contributed by atoms with Crippen LogP contribution in [-0.4, -0.2) is 52.6 Å². The molecule has 0 saturated carbocycles. The minimum Gasteiger partial charge on any atom is -0.383 e. The molecule has 1 aromatic rings. The molecule has 0 fully saturated rings. The van der Waals surface area contributed by atoms with Crippen molar-refractivity contribution in [2.24, 2.45) is 0 Å². The van der Waals surface area contributed by atoms with E-state index in [2.05, 4.69) is 15.2 Å². The first-order valence-corrected chi connectivity index (χ1v) is 6.62. The van der Waals surface area contributed by atoms with Crippen LogP contribution in [0.15, 0.2) is 12.3 Å². The fourth-order valence-electron chi connectivity index (χ4n) is 1.73. The van der Waals surface area contributed by atoms with Gasteiger partial charge in [-0.15, -0.1) is 0 Å². The third-order valence-corrected chi connectivity index (χ3v) is 2.97. The zero-order valence-corrected chi connectivity index (χ0v) is 12.5. The Morgan fingerprint density at radius 3 is 2.37 bits per heavy atom. The van der Waals surface area contributed by atoms with Crippen molar-refractivity contribution >= 4 is 17.4 Å². The summed E-state index contributed by atoms with van der Waals surface area (Å²) in [6.07, 6.45) is 1.84. The Kier molecular flexibility index (Phi) is 7.74. The summed E-state index contributed by atoms with van der Waals surface area (Å²) >= 11 is 6.30. The summed E-state index contributed by atoms with van der Waals surface area (Å²) in [5.74, 6) is 0.774. The van der Waals surface area contributed by atoms with E-state index in [1.54, 1.807) is 14.2 Å². The maximum absolute atomic E-state index is 6.30. The largest absolute Gasteiger partial charge is 0.383 e. The maximum Gasteiger partial charge on any atom is 0.147 e. The summed E-state index contributed by atoms with van der Waals surface area (Å²) in [6, 6.07) is 1.94. The molecule has 6 heteroatoms. The highest BCUT2D eigenvalue weighted by molar-refractivity contribution is 6.33. The SMILES string of the molecule is CNCc1cnc(N(CCOC)CCOC)c(Cl)c1. The highest BCUT2D eigenvalue weighted by Crippen LogP contribution is 2.23. The van der Waals surface area contributed by atoms with Gasteiger partial charge in [0, 0.05) is 40.1 Å². The van der Waals surface area contributed by atoms with Crippen molar-refractivity contribution in [1.29, 1.82) is 0 Å². The van der Waals surface area contributed by atoms with E-state index in [9.17, 15) is 0 Å². The highest BCUT2D eigenvalue weighted by atomic mass is 35.5. The molecule has 0 aliphatic carbocycles. The van der Waals surface area contributed by atoms with Gasteiger partial charge in [-0.1, -0.05) is 11.6 Å². The van der Waals surface area contributed by atoms with Crippen LogP contribution in [0.25, 0.3) is 0 Å². The molecular formula is C13H22ClN3O2. The summed E-state index contributed by atoms with van der Waals surface area (Å²) in [7, 11) is 5.25. The topological polar surface area (TPSA) is 46.6 Å². The molecule has 19 heavy (non-hydrogen) atoms. The number of halogens is 1. The lowest BCUT2D eigenvalue weighted by molar-refractivity contribution is 0.190. The summed E-state index contributed by atoms with van der Waals surface area (Å²) in [5, 5.41) is 3.73. The van der Waals surface area contributed by atoms with Gasteiger partial charge >= 0.3 is 0 Å².